The van der Waals surface area contributed by atoms with E-state index in [1.165, 1.54) is 0 Å². The van der Waals surface area contributed by atoms with Crippen molar-refractivity contribution in [3.63, 3.8) is 0 Å². The minimum atomic E-state index is -0.348. The monoisotopic (exact) mass is 479 g/mol. The minimum Gasteiger partial charge on any atom is -0.378 e. The molecule has 1 aliphatic heterocycles. The molecule has 0 aliphatic carbocycles. The Labute approximate surface area is 207 Å². The number of morpholine rings is 1. The molecule has 0 radical (unpaired) electrons. The highest BCUT2D eigenvalue weighted by atomic mass is 16.5. The summed E-state index contributed by atoms with van der Waals surface area (Å²) >= 11 is 0. The number of carbonyl (C=O) groups excluding carboxylic acids is 1. The molecule has 2 N–H and O–H groups in total. The van der Waals surface area contributed by atoms with Crippen LogP contribution in [0.3, 0.4) is 0 Å². The first kappa shape index (κ1) is 22.0. The van der Waals surface area contributed by atoms with Crippen LogP contribution in [0.4, 0.5) is 22.0 Å². The maximum absolute atomic E-state index is 12.5. The zero-order chi connectivity index (χ0) is 24.5. The fourth-order valence-corrected chi connectivity index (χ4v) is 4.54. The average molecular weight is 480 g/mol. The summed E-state index contributed by atoms with van der Waals surface area (Å²) in [7, 11) is 2.03. The first-order valence-corrected chi connectivity index (χ1v) is 11.8. The molecular formula is C27H25N7O2. The second-order valence-corrected chi connectivity index (χ2v) is 8.69. The number of rotatable bonds is 4. The smallest absolute Gasteiger partial charge is 0.323 e. The first-order chi connectivity index (χ1) is 17.7. The lowest BCUT2D eigenvalue weighted by Crippen LogP contribution is -2.37. The van der Waals surface area contributed by atoms with Crippen LogP contribution >= 0.6 is 0 Å². The molecule has 6 rings (SSSR count). The molecule has 1 aliphatic rings. The molecule has 5 aromatic rings. The van der Waals surface area contributed by atoms with Crippen LogP contribution in [0, 0.1) is 0 Å². The zero-order valence-corrected chi connectivity index (χ0v) is 19.8. The Morgan fingerprint density at radius 1 is 0.944 bits per heavy atom. The van der Waals surface area contributed by atoms with Gasteiger partial charge in [0.1, 0.15) is 5.82 Å². The summed E-state index contributed by atoms with van der Waals surface area (Å²) in [6.45, 7) is 2.88. The Morgan fingerprint density at radius 3 is 2.61 bits per heavy atom. The number of benzene rings is 2. The molecule has 3 aromatic heterocycles. The highest BCUT2D eigenvalue weighted by molar-refractivity contribution is 6.08. The van der Waals surface area contributed by atoms with Crippen molar-refractivity contribution in [2.24, 2.45) is 7.05 Å². The summed E-state index contributed by atoms with van der Waals surface area (Å²) < 4.78 is 7.67. The van der Waals surface area contributed by atoms with Crippen LogP contribution in [0.5, 0.6) is 0 Å². The molecular weight excluding hydrogens is 454 g/mol. The molecule has 9 heteroatoms. The summed E-state index contributed by atoms with van der Waals surface area (Å²) in [6, 6.07) is 17.1. The van der Waals surface area contributed by atoms with E-state index in [2.05, 4.69) is 43.3 Å². The number of ether oxygens (including phenoxy) is 1. The first-order valence-electron chi connectivity index (χ1n) is 11.8. The van der Waals surface area contributed by atoms with Gasteiger partial charge >= 0.3 is 6.03 Å². The van der Waals surface area contributed by atoms with E-state index in [0.29, 0.717) is 30.4 Å². The number of nitrogens with zero attached hydrogens (tertiary/aromatic N) is 5. The van der Waals surface area contributed by atoms with Gasteiger partial charge < -0.3 is 24.8 Å². The number of nitrogens with one attached hydrogen (secondary N) is 2. The van der Waals surface area contributed by atoms with Gasteiger partial charge in [-0.15, -0.1) is 0 Å². The number of hydrogen-bond donors (Lipinski definition) is 2. The van der Waals surface area contributed by atoms with Crippen molar-refractivity contribution in [2.75, 3.05) is 41.8 Å². The summed E-state index contributed by atoms with van der Waals surface area (Å²) in [5.41, 5.74) is 4.10. The fraction of sp³-hybridized carbons (Fsp3) is 0.185. The molecule has 1 fully saturated rings. The van der Waals surface area contributed by atoms with Gasteiger partial charge in [-0.3, -0.25) is 4.98 Å². The van der Waals surface area contributed by atoms with E-state index in [4.69, 9.17) is 14.7 Å². The van der Waals surface area contributed by atoms with E-state index in [9.17, 15) is 4.79 Å². The van der Waals surface area contributed by atoms with Crippen LogP contribution in [-0.4, -0.2) is 51.9 Å². The van der Waals surface area contributed by atoms with Crippen molar-refractivity contribution in [3.05, 3.63) is 73.2 Å². The van der Waals surface area contributed by atoms with Crippen molar-refractivity contribution in [3.8, 4) is 11.4 Å². The fourth-order valence-electron chi connectivity index (χ4n) is 4.54. The van der Waals surface area contributed by atoms with Gasteiger partial charge in [0, 0.05) is 60.1 Å². The number of pyridine rings is 1. The lowest BCUT2D eigenvalue weighted by molar-refractivity contribution is 0.122. The van der Waals surface area contributed by atoms with E-state index in [1.54, 1.807) is 24.5 Å². The SMILES string of the molecule is Cn1ccc2c3nc(-c4cccc(NC(=O)Nc5cccnc5)c4)nc(N4CCOCC4)c3ccc21. The third-order valence-corrected chi connectivity index (χ3v) is 6.32. The average Bonchev–Trinajstić information content (AvgIpc) is 3.30. The van der Waals surface area contributed by atoms with E-state index in [0.717, 1.165) is 46.3 Å². The van der Waals surface area contributed by atoms with Gasteiger partial charge in [-0.1, -0.05) is 12.1 Å². The molecule has 36 heavy (non-hydrogen) atoms. The van der Waals surface area contributed by atoms with Gasteiger partial charge in [-0.05, 0) is 42.5 Å². The summed E-state index contributed by atoms with van der Waals surface area (Å²) in [6.07, 6.45) is 5.30. The van der Waals surface area contributed by atoms with E-state index in [-0.39, 0.29) is 6.03 Å². The van der Waals surface area contributed by atoms with Crippen LogP contribution in [0.2, 0.25) is 0 Å². The standard InChI is InChI=1S/C27H25N7O2/c1-33-11-9-21-23(33)8-7-22-24(21)31-25(32-26(22)34-12-14-36-15-13-34)18-4-2-5-19(16-18)29-27(35)30-20-6-3-10-28-17-20/h2-11,16-17H,12-15H2,1H3,(H2,29,30,35). The number of anilines is 3. The molecule has 0 saturated carbocycles. The number of urea groups is 1. The second-order valence-electron chi connectivity index (χ2n) is 8.69. The van der Waals surface area contributed by atoms with Gasteiger partial charge in [-0.2, -0.15) is 0 Å². The van der Waals surface area contributed by atoms with Gasteiger partial charge in [-0.25, -0.2) is 14.8 Å². The topological polar surface area (TPSA) is 97.2 Å². The van der Waals surface area contributed by atoms with Crippen molar-refractivity contribution in [2.45, 2.75) is 0 Å². The predicted octanol–water partition coefficient (Wildman–Crippen LogP) is 4.66. The van der Waals surface area contributed by atoms with Crippen LogP contribution in [-0.2, 0) is 11.8 Å². The molecule has 0 atom stereocenters. The van der Waals surface area contributed by atoms with Gasteiger partial charge in [0.2, 0.25) is 0 Å². The van der Waals surface area contributed by atoms with Gasteiger partial charge in [0.15, 0.2) is 5.82 Å². The van der Waals surface area contributed by atoms with E-state index >= 15 is 0 Å². The number of amides is 2. The lowest BCUT2D eigenvalue weighted by Gasteiger charge is -2.29. The largest absolute Gasteiger partial charge is 0.378 e. The van der Waals surface area contributed by atoms with Crippen molar-refractivity contribution >= 4 is 45.0 Å². The van der Waals surface area contributed by atoms with Crippen LogP contribution in [0.25, 0.3) is 33.2 Å². The van der Waals surface area contributed by atoms with Crippen LogP contribution < -0.4 is 15.5 Å². The molecule has 0 unspecified atom stereocenters. The second kappa shape index (κ2) is 9.27. The Bertz CT molecular complexity index is 1560. The highest BCUT2D eigenvalue weighted by Gasteiger charge is 2.20. The van der Waals surface area contributed by atoms with Gasteiger partial charge in [0.05, 0.1) is 30.6 Å². The maximum Gasteiger partial charge on any atom is 0.323 e. The van der Waals surface area contributed by atoms with Crippen molar-refractivity contribution < 1.29 is 9.53 Å². The zero-order valence-electron chi connectivity index (χ0n) is 19.8. The molecule has 9 nitrogen and oxygen atoms in total. The third kappa shape index (κ3) is 4.20. The molecule has 2 amide bonds. The van der Waals surface area contributed by atoms with Crippen molar-refractivity contribution in [1.29, 1.82) is 0 Å². The molecule has 1 saturated heterocycles. The molecule has 0 bridgehead atoms. The van der Waals surface area contributed by atoms with Crippen LogP contribution in [0.15, 0.2) is 73.2 Å². The Kier molecular flexibility index (Phi) is 5.67. The number of fused-ring (bicyclic) bond motifs is 3. The van der Waals surface area contributed by atoms with Crippen molar-refractivity contribution in [1.82, 2.24) is 19.5 Å². The van der Waals surface area contributed by atoms with Gasteiger partial charge in [0.25, 0.3) is 0 Å². The van der Waals surface area contributed by atoms with E-state index in [1.807, 2.05) is 37.5 Å². The van der Waals surface area contributed by atoms with Crippen LogP contribution in [0.1, 0.15) is 0 Å². The normalized spacial score (nSPS) is 13.8. The van der Waals surface area contributed by atoms with E-state index < -0.39 is 0 Å². The maximum atomic E-state index is 12.5. The third-order valence-electron chi connectivity index (χ3n) is 6.32. The quantitative estimate of drug-likeness (QED) is 0.389. The summed E-state index contributed by atoms with van der Waals surface area (Å²) in [4.78, 5) is 28.8. The lowest BCUT2D eigenvalue weighted by atomic mass is 10.1. The number of carbonyl (C=O) groups is 1. The predicted molar refractivity (Wildman–Crippen MR) is 141 cm³/mol. The summed E-state index contributed by atoms with van der Waals surface area (Å²) in [5, 5.41) is 7.77. The highest BCUT2D eigenvalue weighted by Crippen LogP contribution is 2.33. The summed E-state index contributed by atoms with van der Waals surface area (Å²) in [5.74, 6) is 1.51. The molecule has 2 aromatic carbocycles. The number of aryl methyl sites for hydroxylation is 1. The molecule has 0 spiro atoms. The Hall–Kier alpha value is -4.50. The number of aromatic nitrogens is 4. The number of hydrogen-bond acceptors (Lipinski definition) is 6. The molecule has 180 valence electrons. The Balaban J connectivity index is 1.40. The minimum absolute atomic E-state index is 0.348. The Morgan fingerprint density at radius 2 is 1.78 bits per heavy atom. The molecule has 4 heterocycles.